The predicted octanol–water partition coefficient (Wildman–Crippen LogP) is 1.01. The fourth-order valence-electron chi connectivity index (χ4n) is 1.36. The molecule has 1 aliphatic heterocycles. The Bertz CT molecular complexity index is 522. The van der Waals surface area contributed by atoms with Gasteiger partial charge in [0, 0.05) is 6.07 Å². The van der Waals surface area contributed by atoms with E-state index in [4.69, 9.17) is 4.74 Å². The molecule has 0 saturated heterocycles. The molecule has 0 N–H and O–H groups in total. The van der Waals surface area contributed by atoms with Gasteiger partial charge in [-0.15, -0.1) is 0 Å². The van der Waals surface area contributed by atoms with Crippen molar-refractivity contribution < 1.29 is 24.1 Å². The molecule has 9 nitrogen and oxygen atoms in total. The second-order valence-corrected chi connectivity index (χ2v) is 3.05. The van der Waals surface area contributed by atoms with Crippen LogP contribution in [0.3, 0.4) is 0 Å². The fourth-order valence-corrected chi connectivity index (χ4v) is 1.36. The van der Waals surface area contributed by atoms with Crippen LogP contribution >= 0.6 is 0 Å². The average Bonchev–Trinajstić information content (AvgIpc) is 2.28. The summed E-state index contributed by atoms with van der Waals surface area (Å²) in [7, 11) is 0. The molecule has 0 fully saturated rings. The summed E-state index contributed by atoms with van der Waals surface area (Å²) in [6.45, 7) is -0.454. The highest BCUT2D eigenvalue weighted by Crippen LogP contribution is 2.37. The first-order chi connectivity index (χ1) is 8.00. The maximum atomic E-state index is 11.3. The molecule has 2 rings (SSSR count). The van der Waals surface area contributed by atoms with Crippen molar-refractivity contribution in [2.75, 3.05) is 6.79 Å². The van der Waals surface area contributed by atoms with Crippen LogP contribution in [-0.2, 0) is 4.74 Å². The van der Waals surface area contributed by atoms with E-state index in [1.807, 2.05) is 0 Å². The Labute approximate surface area is 92.9 Å². The van der Waals surface area contributed by atoms with E-state index in [1.54, 1.807) is 0 Å². The van der Waals surface area contributed by atoms with Gasteiger partial charge in [0.1, 0.15) is 5.56 Å². The topological polar surface area (TPSA) is 122 Å². The van der Waals surface area contributed by atoms with Gasteiger partial charge in [0.2, 0.25) is 12.5 Å². The van der Waals surface area contributed by atoms with Crippen LogP contribution in [0.2, 0.25) is 0 Å². The molecule has 17 heavy (non-hydrogen) atoms. The summed E-state index contributed by atoms with van der Waals surface area (Å²) < 4.78 is 9.28. The van der Waals surface area contributed by atoms with Crippen molar-refractivity contribution >= 4 is 17.3 Å². The molecular weight excluding hydrogens is 236 g/mol. The number of benzene rings is 1. The third-order valence-corrected chi connectivity index (χ3v) is 2.07. The van der Waals surface area contributed by atoms with E-state index in [0.717, 1.165) is 12.1 Å². The third kappa shape index (κ3) is 1.73. The lowest BCUT2D eigenvalue weighted by Gasteiger charge is -2.15. The molecule has 1 aromatic rings. The molecule has 0 spiro atoms. The van der Waals surface area contributed by atoms with Gasteiger partial charge < -0.3 is 9.47 Å². The molecule has 1 heterocycles. The minimum atomic E-state index is -0.891. The van der Waals surface area contributed by atoms with Gasteiger partial charge >= 0.3 is 11.7 Å². The highest BCUT2D eigenvalue weighted by Gasteiger charge is 2.32. The van der Waals surface area contributed by atoms with Crippen LogP contribution in [-0.4, -0.2) is 22.6 Å². The first kappa shape index (κ1) is 10.8. The number of ether oxygens (including phenoxy) is 2. The van der Waals surface area contributed by atoms with Crippen LogP contribution in [0.15, 0.2) is 12.1 Å². The zero-order valence-electron chi connectivity index (χ0n) is 8.11. The third-order valence-electron chi connectivity index (χ3n) is 2.07. The average molecular weight is 240 g/mol. The molecule has 1 aliphatic rings. The Morgan fingerprint density at radius 3 is 2.41 bits per heavy atom. The number of fused-ring (bicyclic) bond motifs is 1. The lowest BCUT2D eigenvalue weighted by Crippen LogP contribution is -2.19. The van der Waals surface area contributed by atoms with Gasteiger partial charge in [-0.2, -0.15) is 0 Å². The summed E-state index contributed by atoms with van der Waals surface area (Å²) in [6.07, 6.45) is 0. The monoisotopic (exact) mass is 240 g/mol. The molecule has 1 aromatic carbocycles. The van der Waals surface area contributed by atoms with E-state index in [1.165, 1.54) is 0 Å². The number of esters is 1. The summed E-state index contributed by atoms with van der Waals surface area (Å²) in [4.78, 5) is 30.9. The van der Waals surface area contributed by atoms with Crippen LogP contribution in [0.25, 0.3) is 0 Å². The summed E-state index contributed by atoms with van der Waals surface area (Å²) in [5.74, 6) is -1.20. The highest BCUT2D eigenvalue weighted by atomic mass is 16.7. The number of nitro benzene ring substituents is 2. The van der Waals surface area contributed by atoms with Crippen molar-refractivity contribution in [3.63, 3.8) is 0 Å². The van der Waals surface area contributed by atoms with Crippen LogP contribution in [0.5, 0.6) is 5.75 Å². The van der Waals surface area contributed by atoms with Crippen molar-refractivity contribution in [3.8, 4) is 5.75 Å². The minimum Gasteiger partial charge on any atom is -0.449 e. The summed E-state index contributed by atoms with van der Waals surface area (Å²) in [5.41, 5.74) is -1.53. The summed E-state index contributed by atoms with van der Waals surface area (Å²) >= 11 is 0. The van der Waals surface area contributed by atoms with Crippen molar-refractivity contribution in [2.45, 2.75) is 0 Å². The molecule has 0 amide bonds. The molecule has 0 bridgehead atoms. The lowest BCUT2D eigenvalue weighted by molar-refractivity contribution is -0.395. The van der Waals surface area contributed by atoms with E-state index in [9.17, 15) is 25.0 Å². The predicted molar refractivity (Wildman–Crippen MR) is 50.7 cm³/mol. The number of carbonyl (C=O) groups is 1. The Kier molecular flexibility index (Phi) is 2.35. The zero-order valence-corrected chi connectivity index (χ0v) is 8.11. The zero-order chi connectivity index (χ0) is 12.6. The second kappa shape index (κ2) is 3.70. The van der Waals surface area contributed by atoms with E-state index >= 15 is 0 Å². The second-order valence-electron chi connectivity index (χ2n) is 3.05. The Morgan fingerprint density at radius 2 is 1.82 bits per heavy atom. The number of hydrogen-bond donors (Lipinski definition) is 0. The van der Waals surface area contributed by atoms with Crippen molar-refractivity contribution in [3.05, 3.63) is 37.9 Å². The molecule has 9 heteroatoms. The normalized spacial score (nSPS) is 13.3. The van der Waals surface area contributed by atoms with Crippen molar-refractivity contribution in [1.29, 1.82) is 0 Å². The van der Waals surface area contributed by atoms with E-state index < -0.39 is 34.0 Å². The molecule has 0 unspecified atom stereocenters. The van der Waals surface area contributed by atoms with E-state index in [-0.39, 0.29) is 11.3 Å². The molecule has 0 aromatic heterocycles. The number of non-ortho nitro benzene ring substituents is 1. The fraction of sp³-hybridized carbons (Fsp3) is 0.125. The smallest absolute Gasteiger partial charge is 0.345 e. The Morgan fingerprint density at radius 1 is 1.12 bits per heavy atom. The first-order valence-electron chi connectivity index (χ1n) is 4.27. The molecule has 88 valence electrons. The number of cyclic esters (lactones) is 1. The van der Waals surface area contributed by atoms with Crippen molar-refractivity contribution in [1.82, 2.24) is 0 Å². The minimum absolute atomic E-state index is 0.308. The Balaban J connectivity index is 2.70. The summed E-state index contributed by atoms with van der Waals surface area (Å²) in [5, 5.41) is 21.3. The maximum absolute atomic E-state index is 11.3. The number of carbonyl (C=O) groups excluding carboxylic acids is 1. The SMILES string of the molecule is O=C1OCOc2c1cc([N+](=O)[O-])cc2[N+](=O)[O-]. The first-order valence-corrected chi connectivity index (χ1v) is 4.27. The molecule has 0 atom stereocenters. The number of rotatable bonds is 2. The number of nitrogens with zero attached hydrogens (tertiary/aromatic N) is 2. The maximum Gasteiger partial charge on any atom is 0.345 e. The van der Waals surface area contributed by atoms with Crippen LogP contribution in [0.1, 0.15) is 10.4 Å². The molecule has 0 saturated carbocycles. The van der Waals surface area contributed by atoms with Crippen LogP contribution in [0, 0.1) is 20.2 Å². The quantitative estimate of drug-likeness (QED) is 0.429. The van der Waals surface area contributed by atoms with Gasteiger partial charge in [0.05, 0.1) is 15.9 Å². The van der Waals surface area contributed by atoms with Crippen LogP contribution < -0.4 is 4.74 Å². The highest BCUT2D eigenvalue weighted by molar-refractivity contribution is 5.95. The van der Waals surface area contributed by atoms with Gasteiger partial charge in [-0.3, -0.25) is 20.2 Å². The number of nitro groups is 2. The van der Waals surface area contributed by atoms with Gasteiger partial charge in [-0.05, 0) is 0 Å². The van der Waals surface area contributed by atoms with Crippen LogP contribution in [0.4, 0.5) is 11.4 Å². The van der Waals surface area contributed by atoms with Gasteiger partial charge in [-0.1, -0.05) is 0 Å². The standard InChI is InChI=1S/C8H4N2O7/c11-8-5-1-4(9(12)13)2-6(10(14)15)7(5)16-3-17-8/h1-2H,3H2. The largest absolute Gasteiger partial charge is 0.449 e. The molecule has 0 aliphatic carbocycles. The van der Waals surface area contributed by atoms with E-state index in [2.05, 4.69) is 4.74 Å². The van der Waals surface area contributed by atoms with Gasteiger partial charge in [0.15, 0.2) is 0 Å². The molecule has 0 radical (unpaired) electrons. The number of hydrogen-bond acceptors (Lipinski definition) is 7. The van der Waals surface area contributed by atoms with Crippen molar-refractivity contribution in [2.24, 2.45) is 0 Å². The van der Waals surface area contributed by atoms with E-state index in [0.29, 0.717) is 0 Å². The Hall–Kier alpha value is -2.71. The van der Waals surface area contributed by atoms with Gasteiger partial charge in [0.25, 0.3) is 5.69 Å². The molecular formula is C8H4N2O7. The summed E-state index contributed by atoms with van der Waals surface area (Å²) in [6, 6.07) is 1.61. The van der Waals surface area contributed by atoms with Gasteiger partial charge in [-0.25, -0.2) is 4.79 Å². The lowest BCUT2D eigenvalue weighted by atomic mass is 10.1.